The summed E-state index contributed by atoms with van der Waals surface area (Å²) in [6, 6.07) is 11.8. The van der Waals surface area contributed by atoms with Gasteiger partial charge in [-0.2, -0.15) is 0 Å². The van der Waals surface area contributed by atoms with Gasteiger partial charge >= 0.3 is 99.3 Å². The van der Waals surface area contributed by atoms with Gasteiger partial charge in [-0.15, -0.1) is 0 Å². The van der Waals surface area contributed by atoms with Gasteiger partial charge in [0.25, 0.3) is 0 Å². The Morgan fingerprint density at radius 1 is 0.276 bits per heavy atom. The molecule has 0 amide bonds. The molecule has 0 aromatic heterocycles. The fraction of sp³-hybridized carbons (Fsp3) is 0.716. The molecule has 0 unspecified atom stereocenters. The molecule has 0 fully saturated rings. The molecule has 0 saturated carbocycles. The van der Waals surface area contributed by atoms with Crippen LogP contribution in [0.5, 0.6) is 46.0 Å². The van der Waals surface area contributed by atoms with Crippen LogP contribution in [0.3, 0.4) is 0 Å². The Balaban J connectivity index is -0.0000202. The van der Waals surface area contributed by atoms with Gasteiger partial charge in [-0.3, -0.25) is 38.7 Å². The number of nitrogens with zero attached hydrogens (tertiary/aromatic N) is 3. The van der Waals surface area contributed by atoms with Crippen molar-refractivity contribution in [1.82, 2.24) is 14.7 Å². The van der Waals surface area contributed by atoms with Crippen LogP contribution in [0.2, 0.25) is 0 Å². The minimum absolute atomic E-state index is 0. The predicted octanol–water partition coefficient (Wildman–Crippen LogP) is 0.714. The van der Waals surface area contributed by atoms with Gasteiger partial charge in [0.2, 0.25) is 11.5 Å². The molecule has 3 aromatic carbocycles. The van der Waals surface area contributed by atoms with Gasteiger partial charge in [-0.05, 0) is 53.1 Å². The third kappa shape index (κ3) is 68.6. The Morgan fingerprint density at radius 3 is 0.724 bits per heavy atom. The Bertz CT molecular complexity index is 2790. The molecule has 3 aromatic rings. The summed E-state index contributed by atoms with van der Waals surface area (Å²) in [5.41, 5.74) is 1.41. The van der Waals surface area contributed by atoms with Gasteiger partial charge in [0.05, 0.1) is 231 Å². The summed E-state index contributed by atoms with van der Waals surface area (Å²) in [6.45, 7) is 10.1. The van der Waals surface area contributed by atoms with Crippen LogP contribution in [-0.4, -0.2) is 410 Å². The first kappa shape index (κ1) is 122. The molecule has 123 heavy (non-hydrogen) atoms. The zero-order valence-electron chi connectivity index (χ0n) is 72.7. The number of carbonyl (C=O) groups is 5. The van der Waals surface area contributed by atoms with E-state index in [0.717, 1.165) is 4.90 Å². The first-order valence-corrected chi connectivity index (χ1v) is 39.6. The Morgan fingerprint density at radius 2 is 0.480 bits per heavy atom. The van der Waals surface area contributed by atoms with Crippen molar-refractivity contribution in [3.05, 3.63) is 59.2 Å². The van der Waals surface area contributed by atoms with E-state index in [1.54, 1.807) is 85.1 Å². The molecule has 0 atom stereocenters. The quantitative estimate of drug-likeness (QED) is 0.0343. The summed E-state index contributed by atoms with van der Waals surface area (Å²) in [5, 5.41) is 38.5. The summed E-state index contributed by atoms with van der Waals surface area (Å²) >= 11 is 0. The molecule has 1 radical (unpaired) electrons. The molecule has 0 aliphatic rings. The summed E-state index contributed by atoms with van der Waals surface area (Å²) in [4.78, 5) is 64.9. The molecule has 0 heterocycles. The van der Waals surface area contributed by atoms with Gasteiger partial charge in [0.15, 0.2) is 23.0 Å². The van der Waals surface area contributed by atoms with Crippen LogP contribution < -0.4 is 67.5 Å². The van der Waals surface area contributed by atoms with Crippen molar-refractivity contribution >= 4 is 29.8 Å². The van der Waals surface area contributed by atoms with Crippen LogP contribution in [0.4, 0.5) is 0 Å². The molecule has 0 aliphatic heterocycles. The minimum atomic E-state index is -1.31. The monoisotopic (exact) mass is 1930 g/mol. The number of carbonyl (C=O) groups excluding carboxylic acids is 1. The molecule has 705 valence electrons. The first-order chi connectivity index (χ1) is 58.0. The molecule has 0 spiro atoms. The third-order valence-electron chi connectivity index (χ3n) is 15.3. The standard InChI is InChI=1S/C77H125N3O36.C3H8.CH4.Gd.Na.H2O/c1-90-11-17-96-23-29-102-35-41-108-67-49-63(50-68(109-42-36-103-30-24-97-18-12-91-2)76(67)112-45-39-106-33-27-100-21-15-94-5)59-114-65-47-62(61-116-75(89)58-80(57-74(87)88)10-8-78(54-71(81)82)7-9-79(55-72(83)84)56-73(85)86)48-66(53-65)115-60-64-51-69(110-43-37-104-31-25-98-19-13-92-3)77(113-46-40-107-34-28-101-22-16-95-6)70(52-64)111-44-38-105-32-26-99-20-14-93-4;1-3-2;;;;/h47-53H,7-46,54-61H2,1-6H3,(H,81,82)(H,83,84)(H,85,86)(H,87,88);3H2,1-2H3;1H4;;;1H2/q;;;+3;+1;. The second-order valence-corrected chi connectivity index (χ2v) is 25.3. The van der Waals surface area contributed by atoms with Crippen molar-refractivity contribution in [3.63, 3.8) is 0 Å². The maximum Gasteiger partial charge on any atom is 3.00 e. The van der Waals surface area contributed by atoms with Crippen LogP contribution in [-0.2, 0) is 134 Å². The minimum Gasteiger partial charge on any atom is -0.489 e. The van der Waals surface area contributed by atoms with Crippen LogP contribution in [0.15, 0.2) is 42.5 Å². The number of methoxy groups -OCH3 is 6. The van der Waals surface area contributed by atoms with Crippen molar-refractivity contribution in [2.45, 2.75) is 47.5 Å². The van der Waals surface area contributed by atoms with Crippen molar-refractivity contribution < 1.29 is 247 Å². The number of hydrogen-bond donors (Lipinski definition) is 4. The van der Waals surface area contributed by atoms with Crippen LogP contribution in [0.1, 0.15) is 44.4 Å². The van der Waals surface area contributed by atoms with Crippen molar-refractivity contribution in [2.75, 3.05) is 339 Å². The van der Waals surface area contributed by atoms with Gasteiger partial charge in [-0.25, -0.2) is 0 Å². The average molecular weight is 1930 g/mol. The van der Waals surface area contributed by atoms with E-state index < -0.39 is 69.2 Å². The molecule has 3 rings (SSSR count). The molecular weight excluding hydrogens is 1790 g/mol. The van der Waals surface area contributed by atoms with E-state index in [-0.39, 0.29) is 273 Å². The number of carboxylic acids is 4. The van der Waals surface area contributed by atoms with Crippen LogP contribution in [0.25, 0.3) is 0 Å². The van der Waals surface area contributed by atoms with Gasteiger partial charge in [0, 0.05) is 74.9 Å². The van der Waals surface area contributed by atoms with Crippen LogP contribution in [0, 0.1) is 39.9 Å². The summed E-state index contributed by atoms with van der Waals surface area (Å²) in [7, 11) is 9.52. The zero-order chi connectivity index (χ0) is 86.7. The number of benzene rings is 3. The maximum atomic E-state index is 13.9. The number of rotatable bonds is 84. The van der Waals surface area contributed by atoms with Crippen molar-refractivity contribution in [1.29, 1.82) is 0 Å². The predicted molar refractivity (Wildman–Crippen MR) is 438 cm³/mol. The summed E-state index contributed by atoms with van der Waals surface area (Å²) < 4.78 is 156. The van der Waals surface area contributed by atoms with Crippen LogP contribution >= 0.6 is 0 Å². The Kier molecular flexibility index (Phi) is 85.5. The van der Waals surface area contributed by atoms with Gasteiger partial charge < -0.3 is 154 Å². The number of carboxylic acid groups (broad SMARTS) is 4. The van der Waals surface area contributed by atoms with E-state index in [1.807, 2.05) is 0 Å². The molecule has 0 aliphatic carbocycles. The largest absolute Gasteiger partial charge is 3.00 e. The maximum absolute atomic E-state index is 13.9. The molecule has 42 heteroatoms. The van der Waals surface area contributed by atoms with E-state index in [0.29, 0.717) is 149 Å². The van der Waals surface area contributed by atoms with Crippen molar-refractivity contribution in [3.8, 4) is 46.0 Å². The topological polar surface area (TPSA) is 457 Å². The van der Waals surface area contributed by atoms with E-state index in [2.05, 4.69) is 13.8 Å². The molecular formula is C81H139GdN3NaO37+4. The van der Waals surface area contributed by atoms with E-state index >= 15 is 0 Å². The Hall–Kier alpha value is -5.15. The molecule has 6 N–H and O–H groups in total. The second-order valence-electron chi connectivity index (χ2n) is 25.3. The fourth-order valence-electron chi connectivity index (χ4n) is 9.81. The normalized spacial score (nSPS) is 10.9. The second kappa shape index (κ2) is 86.2. The zero-order valence-corrected chi connectivity index (χ0v) is 77.0. The third-order valence-corrected chi connectivity index (χ3v) is 15.3. The number of hydrogen-bond acceptors (Lipinski definition) is 35. The number of aliphatic carboxylic acids is 4. The van der Waals surface area contributed by atoms with E-state index in [1.165, 1.54) is 16.2 Å². The van der Waals surface area contributed by atoms with Gasteiger partial charge in [-0.1, -0.05) is 27.7 Å². The molecule has 0 saturated heterocycles. The number of ether oxygens (including phenoxy) is 27. The number of esters is 1. The van der Waals surface area contributed by atoms with E-state index in [9.17, 15) is 44.4 Å². The Labute approximate surface area is 778 Å². The SMILES string of the molecule is C.CCC.COCCOCCOCCOc1cc(COc2cc(COC(=O)CN(CCN(CCN(CC(=O)O)CC(=O)O)CC(=O)O)CC(=O)O)cc(OCc3cc(OCCOCCOCCOC)c(OCCOCCOCCOC)c(OCCOCCOCCOC)c3)c2)cc(OCCOCCOCCOC)c1OCCOCCOCCOC.O.[Gd+3].[Na+]. The first-order valence-electron chi connectivity index (χ1n) is 39.6. The fourth-order valence-corrected chi connectivity index (χ4v) is 9.81. The summed E-state index contributed by atoms with van der Waals surface area (Å²) in [5.74, 6) is -4.02. The molecule has 40 nitrogen and oxygen atoms in total. The smallest absolute Gasteiger partial charge is 0.489 e. The van der Waals surface area contributed by atoms with E-state index in [4.69, 9.17) is 128 Å². The molecule has 0 bridgehead atoms. The van der Waals surface area contributed by atoms with Crippen molar-refractivity contribution in [2.24, 2.45) is 0 Å². The summed E-state index contributed by atoms with van der Waals surface area (Å²) in [6.07, 6.45) is 1.25. The average Bonchev–Trinajstić information content (AvgIpc) is 0.821. The van der Waals surface area contributed by atoms with Gasteiger partial charge in [0.1, 0.15) is 71.0 Å².